The van der Waals surface area contributed by atoms with Gasteiger partial charge in [-0.2, -0.15) is 0 Å². The summed E-state index contributed by atoms with van der Waals surface area (Å²) >= 11 is 6.01. The first-order valence-corrected chi connectivity index (χ1v) is 9.75. The molecule has 0 aliphatic rings. The van der Waals surface area contributed by atoms with Crippen LogP contribution in [0.25, 0.3) is 0 Å². The summed E-state index contributed by atoms with van der Waals surface area (Å²) in [6.45, 7) is 1.99. The smallest absolute Gasteiger partial charge is 0.257 e. The summed E-state index contributed by atoms with van der Waals surface area (Å²) in [4.78, 5) is 25.0. The Morgan fingerprint density at radius 1 is 0.967 bits per heavy atom. The van der Waals surface area contributed by atoms with Crippen molar-refractivity contribution in [3.63, 3.8) is 0 Å². The molecule has 0 fully saturated rings. The Hall–Kier alpha value is -3.22. The van der Waals surface area contributed by atoms with E-state index in [-0.39, 0.29) is 24.3 Å². The summed E-state index contributed by atoms with van der Waals surface area (Å²) in [5.41, 5.74) is 2.12. The average Bonchev–Trinajstić information content (AvgIpc) is 2.74. The minimum atomic E-state index is -0.405. The standard InChI is InChI=1S/C23H21ClFN3O2/c1-15(16-5-4-6-17(24)13-16)26-14-22(29)28-21-8-3-2-7-20(21)23(30)27-19-11-9-18(25)10-12-19/h2-13,15,26H,14H2,1H3,(H,27,30)(H,28,29). The first-order valence-electron chi connectivity index (χ1n) is 9.37. The summed E-state index contributed by atoms with van der Waals surface area (Å²) in [5.74, 6) is -1.08. The second kappa shape index (κ2) is 10.0. The van der Waals surface area contributed by atoms with Crippen LogP contribution in [0.3, 0.4) is 0 Å². The third-order valence-corrected chi connectivity index (χ3v) is 4.70. The zero-order valence-electron chi connectivity index (χ0n) is 16.3. The first-order chi connectivity index (χ1) is 14.4. The summed E-state index contributed by atoms with van der Waals surface area (Å²) in [5, 5.41) is 9.21. The Morgan fingerprint density at radius 2 is 1.70 bits per heavy atom. The Kier molecular flexibility index (Phi) is 7.17. The molecular weight excluding hydrogens is 405 g/mol. The van der Waals surface area contributed by atoms with E-state index in [9.17, 15) is 14.0 Å². The molecule has 0 radical (unpaired) electrons. The second-order valence-electron chi connectivity index (χ2n) is 6.71. The highest BCUT2D eigenvalue weighted by Gasteiger charge is 2.14. The maximum absolute atomic E-state index is 13.0. The van der Waals surface area contributed by atoms with Crippen LogP contribution in [0.1, 0.15) is 28.9 Å². The lowest BCUT2D eigenvalue weighted by Crippen LogP contribution is -2.30. The summed E-state index contributed by atoms with van der Waals surface area (Å²) in [6.07, 6.45) is 0. The second-order valence-corrected chi connectivity index (χ2v) is 7.15. The molecule has 3 aromatic rings. The zero-order chi connectivity index (χ0) is 21.5. The van der Waals surface area contributed by atoms with E-state index in [1.165, 1.54) is 24.3 Å². The number of benzene rings is 3. The van der Waals surface area contributed by atoms with Crippen LogP contribution in [-0.2, 0) is 4.79 Å². The number of anilines is 2. The van der Waals surface area contributed by atoms with Gasteiger partial charge in [-0.25, -0.2) is 4.39 Å². The lowest BCUT2D eigenvalue weighted by molar-refractivity contribution is -0.115. The number of rotatable bonds is 7. The predicted octanol–water partition coefficient (Wildman–Crippen LogP) is 5.02. The predicted molar refractivity (Wildman–Crippen MR) is 117 cm³/mol. The number of hydrogen-bond acceptors (Lipinski definition) is 3. The van der Waals surface area contributed by atoms with E-state index in [1.54, 1.807) is 30.3 Å². The minimum Gasteiger partial charge on any atom is -0.324 e. The molecule has 1 unspecified atom stereocenters. The van der Waals surface area contributed by atoms with E-state index in [0.29, 0.717) is 22.0 Å². The molecule has 3 rings (SSSR count). The molecule has 3 N–H and O–H groups in total. The van der Waals surface area contributed by atoms with Crippen molar-refractivity contribution in [2.45, 2.75) is 13.0 Å². The first kappa shape index (κ1) is 21.5. The molecule has 0 spiro atoms. The van der Waals surface area contributed by atoms with Crippen molar-refractivity contribution in [3.8, 4) is 0 Å². The monoisotopic (exact) mass is 425 g/mol. The van der Waals surface area contributed by atoms with Gasteiger partial charge in [0, 0.05) is 16.8 Å². The number of carbonyl (C=O) groups is 2. The molecule has 0 aliphatic carbocycles. The molecule has 0 aliphatic heterocycles. The van der Waals surface area contributed by atoms with Crippen LogP contribution < -0.4 is 16.0 Å². The number of carbonyl (C=O) groups excluding carboxylic acids is 2. The number of amides is 2. The van der Waals surface area contributed by atoms with Gasteiger partial charge in [0.25, 0.3) is 5.91 Å². The number of hydrogen-bond donors (Lipinski definition) is 3. The highest BCUT2D eigenvalue weighted by atomic mass is 35.5. The molecule has 7 heteroatoms. The van der Waals surface area contributed by atoms with Gasteiger partial charge < -0.3 is 16.0 Å². The lowest BCUT2D eigenvalue weighted by Gasteiger charge is -2.15. The molecule has 0 saturated carbocycles. The Labute approximate surface area is 179 Å². The van der Waals surface area contributed by atoms with Crippen LogP contribution in [0.5, 0.6) is 0 Å². The van der Waals surface area contributed by atoms with Crippen molar-refractivity contribution < 1.29 is 14.0 Å². The Morgan fingerprint density at radius 3 is 2.43 bits per heavy atom. The fourth-order valence-electron chi connectivity index (χ4n) is 2.86. The Balaban J connectivity index is 1.61. The van der Waals surface area contributed by atoms with Gasteiger partial charge in [-0.1, -0.05) is 35.9 Å². The normalized spacial score (nSPS) is 11.6. The van der Waals surface area contributed by atoms with E-state index >= 15 is 0 Å². The molecule has 3 aromatic carbocycles. The third-order valence-electron chi connectivity index (χ3n) is 4.47. The van der Waals surface area contributed by atoms with Crippen molar-refractivity contribution in [1.82, 2.24) is 5.32 Å². The van der Waals surface area contributed by atoms with Crippen LogP contribution >= 0.6 is 11.6 Å². The third kappa shape index (κ3) is 5.89. The molecule has 30 heavy (non-hydrogen) atoms. The molecule has 0 bridgehead atoms. The number of para-hydroxylation sites is 1. The maximum atomic E-state index is 13.0. The molecule has 0 heterocycles. The van der Waals surface area contributed by atoms with Gasteiger partial charge in [0.2, 0.25) is 5.91 Å². The van der Waals surface area contributed by atoms with E-state index in [2.05, 4.69) is 16.0 Å². The fraction of sp³-hybridized carbons (Fsp3) is 0.130. The van der Waals surface area contributed by atoms with Crippen LogP contribution in [0.4, 0.5) is 15.8 Å². The van der Waals surface area contributed by atoms with Crippen LogP contribution in [0, 0.1) is 5.82 Å². The van der Waals surface area contributed by atoms with Crippen LogP contribution in [-0.4, -0.2) is 18.4 Å². The van der Waals surface area contributed by atoms with E-state index < -0.39 is 5.91 Å². The molecule has 2 amide bonds. The molecule has 1 atom stereocenters. The van der Waals surface area contributed by atoms with Crippen molar-refractivity contribution in [2.24, 2.45) is 0 Å². The van der Waals surface area contributed by atoms with Gasteiger partial charge in [-0.15, -0.1) is 0 Å². The van der Waals surface area contributed by atoms with Gasteiger partial charge in [-0.05, 0) is 61.0 Å². The maximum Gasteiger partial charge on any atom is 0.257 e. The highest BCUT2D eigenvalue weighted by molar-refractivity contribution is 6.30. The SMILES string of the molecule is CC(NCC(=O)Nc1ccccc1C(=O)Nc1ccc(F)cc1)c1cccc(Cl)c1. The Bertz CT molecular complexity index is 1040. The van der Waals surface area contributed by atoms with Crippen LogP contribution in [0.15, 0.2) is 72.8 Å². The topological polar surface area (TPSA) is 70.2 Å². The van der Waals surface area contributed by atoms with Crippen molar-refractivity contribution in [3.05, 3.63) is 94.8 Å². The van der Waals surface area contributed by atoms with E-state index in [1.807, 2.05) is 25.1 Å². The highest BCUT2D eigenvalue weighted by Crippen LogP contribution is 2.19. The van der Waals surface area contributed by atoms with Crippen molar-refractivity contribution in [2.75, 3.05) is 17.2 Å². The fourth-order valence-corrected chi connectivity index (χ4v) is 3.05. The van der Waals surface area contributed by atoms with Gasteiger partial charge in [-0.3, -0.25) is 9.59 Å². The molecule has 154 valence electrons. The zero-order valence-corrected chi connectivity index (χ0v) is 17.0. The van der Waals surface area contributed by atoms with Crippen LogP contribution in [0.2, 0.25) is 5.02 Å². The van der Waals surface area contributed by atoms with E-state index in [4.69, 9.17) is 11.6 Å². The van der Waals surface area contributed by atoms with Gasteiger partial charge in [0.15, 0.2) is 0 Å². The van der Waals surface area contributed by atoms with Crippen molar-refractivity contribution >= 4 is 34.8 Å². The lowest BCUT2D eigenvalue weighted by atomic mass is 10.1. The van der Waals surface area contributed by atoms with Gasteiger partial charge in [0.05, 0.1) is 17.8 Å². The minimum absolute atomic E-state index is 0.0571. The summed E-state index contributed by atoms with van der Waals surface area (Å²) in [7, 11) is 0. The molecule has 0 saturated heterocycles. The quantitative estimate of drug-likeness (QED) is 0.497. The molecule has 5 nitrogen and oxygen atoms in total. The van der Waals surface area contributed by atoms with E-state index in [0.717, 1.165) is 5.56 Å². The largest absolute Gasteiger partial charge is 0.324 e. The van der Waals surface area contributed by atoms with Gasteiger partial charge >= 0.3 is 0 Å². The van der Waals surface area contributed by atoms with Crippen molar-refractivity contribution in [1.29, 1.82) is 0 Å². The summed E-state index contributed by atoms with van der Waals surface area (Å²) in [6, 6.07) is 19.5. The average molecular weight is 426 g/mol. The summed E-state index contributed by atoms with van der Waals surface area (Å²) < 4.78 is 13.0. The molecule has 0 aromatic heterocycles. The van der Waals surface area contributed by atoms with Gasteiger partial charge in [0.1, 0.15) is 5.82 Å². The number of nitrogens with one attached hydrogen (secondary N) is 3. The number of halogens is 2. The molecular formula is C23H21ClFN3O2.